The first-order valence-corrected chi connectivity index (χ1v) is 9.60. The number of nitrogens with one attached hydrogen (secondary N) is 2. The quantitative estimate of drug-likeness (QED) is 0.493. The van der Waals surface area contributed by atoms with Crippen molar-refractivity contribution in [3.8, 4) is 5.69 Å². The SMILES string of the molecule is O=C(COC(=O)c1cccc(-n2cc(Br)cn2)c1)NCC(=O)Nc1ccc(F)c(F)c1. The van der Waals surface area contributed by atoms with Gasteiger partial charge in [0.1, 0.15) is 0 Å². The molecule has 0 radical (unpaired) electrons. The number of rotatable bonds is 7. The molecule has 160 valence electrons. The summed E-state index contributed by atoms with van der Waals surface area (Å²) in [5, 5.41) is 8.68. The van der Waals surface area contributed by atoms with Gasteiger partial charge in [-0.15, -0.1) is 0 Å². The molecule has 0 aliphatic carbocycles. The molecule has 2 N–H and O–H groups in total. The molecule has 31 heavy (non-hydrogen) atoms. The Hall–Kier alpha value is -3.60. The van der Waals surface area contributed by atoms with Crippen molar-refractivity contribution >= 4 is 39.4 Å². The average molecular weight is 493 g/mol. The number of ether oxygens (including phenoxy) is 1. The van der Waals surface area contributed by atoms with Crippen molar-refractivity contribution in [2.24, 2.45) is 0 Å². The van der Waals surface area contributed by atoms with E-state index < -0.39 is 42.6 Å². The maximum atomic E-state index is 13.1. The van der Waals surface area contributed by atoms with E-state index in [9.17, 15) is 23.2 Å². The molecule has 0 bridgehead atoms. The maximum Gasteiger partial charge on any atom is 0.338 e. The molecule has 11 heteroatoms. The van der Waals surface area contributed by atoms with Crippen LogP contribution in [0.1, 0.15) is 10.4 Å². The standard InChI is InChI=1S/C20H15BrF2N4O4/c21-13-8-25-27(10-13)15-3-1-2-12(6-15)20(30)31-11-19(29)24-9-18(28)26-14-4-5-16(22)17(23)7-14/h1-8,10H,9,11H2,(H,24,29)(H,26,28). The molecule has 0 unspecified atom stereocenters. The Balaban J connectivity index is 1.46. The van der Waals surface area contributed by atoms with E-state index in [1.807, 2.05) is 0 Å². The van der Waals surface area contributed by atoms with Crippen molar-refractivity contribution in [3.05, 3.63) is 76.5 Å². The number of carbonyl (C=O) groups excluding carboxylic acids is 3. The number of halogens is 3. The van der Waals surface area contributed by atoms with E-state index in [1.54, 1.807) is 35.3 Å². The lowest BCUT2D eigenvalue weighted by atomic mass is 10.2. The molecule has 0 spiro atoms. The fourth-order valence-electron chi connectivity index (χ4n) is 2.44. The molecule has 0 saturated carbocycles. The van der Waals surface area contributed by atoms with Gasteiger partial charge in [-0.05, 0) is 46.3 Å². The minimum atomic E-state index is -1.11. The lowest BCUT2D eigenvalue weighted by Crippen LogP contribution is -2.35. The molecular weight excluding hydrogens is 478 g/mol. The second-order valence-corrected chi connectivity index (χ2v) is 7.10. The van der Waals surface area contributed by atoms with Crippen molar-refractivity contribution in [1.82, 2.24) is 15.1 Å². The molecule has 0 fully saturated rings. The van der Waals surface area contributed by atoms with E-state index >= 15 is 0 Å². The van der Waals surface area contributed by atoms with Crippen molar-refractivity contribution in [1.29, 1.82) is 0 Å². The summed E-state index contributed by atoms with van der Waals surface area (Å²) in [7, 11) is 0. The summed E-state index contributed by atoms with van der Waals surface area (Å²) in [6, 6.07) is 9.32. The van der Waals surface area contributed by atoms with Crippen LogP contribution in [0.5, 0.6) is 0 Å². The Kier molecular flexibility index (Phi) is 7.08. The molecular formula is C20H15BrF2N4O4. The topological polar surface area (TPSA) is 102 Å². The molecule has 2 aromatic carbocycles. The van der Waals surface area contributed by atoms with Crippen molar-refractivity contribution in [2.75, 3.05) is 18.5 Å². The van der Waals surface area contributed by atoms with E-state index in [1.165, 1.54) is 12.1 Å². The number of hydrogen-bond acceptors (Lipinski definition) is 5. The molecule has 0 atom stereocenters. The van der Waals surface area contributed by atoms with Crippen LogP contribution in [0.25, 0.3) is 5.69 Å². The van der Waals surface area contributed by atoms with Crippen LogP contribution in [0.4, 0.5) is 14.5 Å². The number of aromatic nitrogens is 2. The van der Waals surface area contributed by atoms with Crippen LogP contribution in [0.2, 0.25) is 0 Å². The predicted octanol–water partition coefficient (Wildman–Crippen LogP) is 2.82. The first-order chi connectivity index (χ1) is 14.8. The van der Waals surface area contributed by atoms with Gasteiger partial charge in [-0.25, -0.2) is 18.3 Å². The van der Waals surface area contributed by atoms with E-state index in [2.05, 4.69) is 31.7 Å². The highest BCUT2D eigenvalue weighted by Crippen LogP contribution is 2.15. The third-order valence-electron chi connectivity index (χ3n) is 3.88. The van der Waals surface area contributed by atoms with Crippen LogP contribution < -0.4 is 10.6 Å². The Labute approximate surface area is 183 Å². The first kappa shape index (κ1) is 22.1. The highest BCUT2D eigenvalue weighted by atomic mass is 79.9. The van der Waals surface area contributed by atoms with Crippen LogP contribution in [-0.4, -0.2) is 40.7 Å². The zero-order chi connectivity index (χ0) is 22.4. The average Bonchev–Trinajstić information content (AvgIpc) is 3.19. The second kappa shape index (κ2) is 9.94. The molecule has 3 aromatic rings. The summed E-state index contributed by atoms with van der Waals surface area (Å²) >= 11 is 3.29. The Morgan fingerprint density at radius 1 is 1.06 bits per heavy atom. The summed E-state index contributed by atoms with van der Waals surface area (Å²) in [6.07, 6.45) is 3.31. The van der Waals surface area contributed by atoms with Gasteiger partial charge in [0.2, 0.25) is 5.91 Å². The largest absolute Gasteiger partial charge is 0.452 e. The molecule has 3 rings (SSSR count). The van der Waals surface area contributed by atoms with Gasteiger partial charge in [0.25, 0.3) is 5.91 Å². The Bertz CT molecular complexity index is 1140. The highest BCUT2D eigenvalue weighted by molar-refractivity contribution is 9.10. The molecule has 2 amide bonds. The molecule has 0 aliphatic rings. The monoisotopic (exact) mass is 492 g/mol. The lowest BCUT2D eigenvalue weighted by Gasteiger charge is -2.09. The van der Waals surface area contributed by atoms with Crippen molar-refractivity contribution in [2.45, 2.75) is 0 Å². The molecule has 0 saturated heterocycles. The lowest BCUT2D eigenvalue weighted by molar-refractivity contribution is -0.126. The molecule has 1 aromatic heterocycles. The fourth-order valence-corrected chi connectivity index (χ4v) is 2.73. The summed E-state index contributed by atoms with van der Waals surface area (Å²) in [4.78, 5) is 35.8. The number of esters is 1. The maximum absolute atomic E-state index is 13.1. The van der Waals surface area contributed by atoms with Crippen LogP contribution in [0.3, 0.4) is 0 Å². The van der Waals surface area contributed by atoms with Gasteiger partial charge in [0.15, 0.2) is 18.2 Å². The zero-order valence-corrected chi connectivity index (χ0v) is 17.4. The van der Waals surface area contributed by atoms with E-state index in [0.29, 0.717) is 5.69 Å². The van der Waals surface area contributed by atoms with Gasteiger partial charge < -0.3 is 15.4 Å². The van der Waals surface area contributed by atoms with E-state index in [0.717, 1.165) is 16.6 Å². The van der Waals surface area contributed by atoms with Gasteiger partial charge in [-0.3, -0.25) is 9.59 Å². The third kappa shape index (κ3) is 6.19. The zero-order valence-electron chi connectivity index (χ0n) is 15.8. The van der Waals surface area contributed by atoms with Crippen LogP contribution in [0.15, 0.2) is 59.3 Å². The van der Waals surface area contributed by atoms with Gasteiger partial charge in [-0.1, -0.05) is 6.07 Å². The van der Waals surface area contributed by atoms with Crippen LogP contribution in [0, 0.1) is 11.6 Å². The molecule has 8 nitrogen and oxygen atoms in total. The van der Waals surface area contributed by atoms with Crippen molar-refractivity contribution < 1.29 is 27.9 Å². The van der Waals surface area contributed by atoms with Crippen LogP contribution >= 0.6 is 15.9 Å². The predicted molar refractivity (Wildman–Crippen MR) is 110 cm³/mol. The number of hydrogen-bond donors (Lipinski definition) is 2. The summed E-state index contributed by atoms with van der Waals surface area (Å²) in [5.74, 6) is -4.26. The normalized spacial score (nSPS) is 10.4. The first-order valence-electron chi connectivity index (χ1n) is 8.81. The van der Waals surface area contributed by atoms with Gasteiger partial charge in [0.05, 0.1) is 28.5 Å². The van der Waals surface area contributed by atoms with E-state index in [-0.39, 0.29) is 11.3 Å². The molecule has 0 aliphatic heterocycles. The minimum absolute atomic E-state index is 0.0358. The van der Waals surface area contributed by atoms with Gasteiger partial charge >= 0.3 is 5.97 Å². The number of anilines is 1. The van der Waals surface area contributed by atoms with Gasteiger partial charge in [0, 0.05) is 18.0 Å². The fraction of sp³-hybridized carbons (Fsp3) is 0.100. The Morgan fingerprint density at radius 2 is 1.87 bits per heavy atom. The number of amides is 2. The summed E-state index contributed by atoms with van der Waals surface area (Å²) in [6.45, 7) is -1.05. The van der Waals surface area contributed by atoms with Gasteiger partial charge in [-0.2, -0.15) is 5.10 Å². The smallest absolute Gasteiger partial charge is 0.338 e. The number of nitrogens with zero attached hydrogens (tertiary/aromatic N) is 2. The van der Waals surface area contributed by atoms with E-state index in [4.69, 9.17) is 4.74 Å². The Morgan fingerprint density at radius 3 is 2.58 bits per heavy atom. The second-order valence-electron chi connectivity index (χ2n) is 6.18. The highest BCUT2D eigenvalue weighted by Gasteiger charge is 2.13. The van der Waals surface area contributed by atoms with Crippen molar-refractivity contribution in [3.63, 3.8) is 0 Å². The van der Waals surface area contributed by atoms with Crippen LogP contribution in [-0.2, 0) is 14.3 Å². The summed E-state index contributed by atoms with van der Waals surface area (Å²) < 4.78 is 33.3. The third-order valence-corrected chi connectivity index (χ3v) is 4.29. The molecule has 1 heterocycles. The summed E-state index contributed by atoms with van der Waals surface area (Å²) in [5.41, 5.74) is 0.875. The number of benzene rings is 2. The number of carbonyl (C=O) groups is 3. The minimum Gasteiger partial charge on any atom is -0.452 e.